The van der Waals surface area contributed by atoms with Gasteiger partial charge < -0.3 is 0 Å². The Kier molecular flexibility index (Phi) is 3.16. The third-order valence-electron chi connectivity index (χ3n) is 6.02. The number of nitriles is 1. The van der Waals surface area contributed by atoms with Gasteiger partial charge in [0.15, 0.2) is 0 Å². The molecule has 1 fully saturated rings. The van der Waals surface area contributed by atoms with Crippen LogP contribution in [0.2, 0.25) is 0 Å². The van der Waals surface area contributed by atoms with Crippen LogP contribution in [-0.2, 0) is 0 Å². The van der Waals surface area contributed by atoms with Crippen LogP contribution in [0.3, 0.4) is 0 Å². The van der Waals surface area contributed by atoms with Crippen molar-refractivity contribution in [1.29, 1.82) is 5.26 Å². The van der Waals surface area contributed by atoms with E-state index in [2.05, 4.69) is 52.0 Å². The lowest BCUT2D eigenvalue weighted by molar-refractivity contribution is 0.161. The van der Waals surface area contributed by atoms with E-state index < -0.39 is 0 Å². The fourth-order valence-corrected chi connectivity index (χ4v) is 4.82. The molecule has 3 aliphatic carbocycles. The molecule has 2 bridgehead atoms. The molecule has 0 aromatic heterocycles. The van der Waals surface area contributed by atoms with Crippen LogP contribution in [0.1, 0.15) is 47.0 Å². The molecule has 1 saturated carbocycles. The number of nitrogens with zero attached hydrogens (tertiary/aromatic N) is 1. The minimum absolute atomic E-state index is 0.324. The molecule has 106 valence electrons. The number of rotatable bonds is 0. The second-order valence-electron chi connectivity index (χ2n) is 7.17. The van der Waals surface area contributed by atoms with E-state index >= 15 is 0 Å². The van der Waals surface area contributed by atoms with Gasteiger partial charge in [-0.3, -0.25) is 0 Å². The predicted octanol–water partition coefficient (Wildman–Crippen LogP) is 5.03. The van der Waals surface area contributed by atoms with Gasteiger partial charge in [0.25, 0.3) is 0 Å². The van der Waals surface area contributed by atoms with E-state index in [1.807, 2.05) is 0 Å². The van der Waals surface area contributed by atoms with E-state index in [-0.39, 0.29) is 5.41 Å². The molecule has 3 aliphatic rings. The van der Waals surface area contributed by atoms with E-state index in [4.69, 9.17) is 0 Å². The smallest absolute Gasteiger partial charge is 0.104 e. The molecular formula is C19H25N. The monoisotopic (exact) mass is 267 g/mol. The van der Waals surface area contributed by atoms with Crippen LogP contribution in [0.5, 0.6) is 0 Å². The zero-order chi connectivity index (χ0) is 14.5. The van der Waals surface area contributed by atoms with Crippen LogP contribution in [0.4, 0.5) is 0 Å². The Labute approximate surface area is 123 Å². The van der Waals surface area contributed by atoms with Crippen molar-refractivity contribution < 1.29 is 0 Å². The standard InChI is InChI=1S/C19H25N/c1-5-17-16-9-15-8-12(2)6-7-18(15)19(17,11-20)10-13(3)14(16)4/h5-7,12-14,16H,8-10H2,1-4H3/t12?,13?,14-,16+,19+/m0/s1. The highest BCUT2D eigenvalue weighted by molar-refractivity contribution is 5.53. The first-order valence-electron chi connectivity index (χ1n) is 8.02. The van der Waals surface area contributed by atoms with Crippen LogP contribution < -0.4 is 0 Å². The SMILES string of the molecule is CC=C1[C@@H]2CC3=C(C=CC(C)C3)[C@@]1(C#N)CC(C)[C@@H]2C. The van der Waals surface area contributed by atoms with Crippen molar-refractivity contribution >= 4 is 0 Å². The number of hydrogen-bond acceptors (Lipinski definition) is 1. The molecule has 0 amide bonds. The molecule has 0 spiro atoms. The van der Waals surface area contributed by atoms with Crippen LogP contribution in [-0.4, -0.2) is 0 Å². The Morgan fingerprint density at radius 1 is 1.30 bits per heavy atom. The molecule has 0 saturated heterocycles. The van der Waals surface area contributed by atoms with E-state index in [1.54, 1.807) is 5.57 Å². The topological polar surface area (TPSA) is 23.8 Å². The third kappa shape index (κ3) is 1.67. The molecule has 0 aromatic carbocycles. The van der Waals surface area contributed by atoms with Gasteiger partial charge in [-0.25, -0.2) is 0 Å². The maximum atomic E-state index is 10.0. The van der Waals surface area contributed by atoms with Crippen LogP contribution in [0, 0.1) is 40.4 Å². The van der Waals surface area contributed by atoms with Crippen LogP contribution in [0.15, 0.2) is 34.9 Å². The first kappa shape index (κ1) is 13.7. The van der Waals surface area contributed by atoms with Crippen molar-refractivity contribution in [3.8, 4) is 6.07 Å². The van der Waals surface area contributed by atoms with Gasteiger partial charge in [0.1, 0.15) is 5.41 Å². The Bertz CT molecular complexity index is 557. The van der Waals surface area contributed by atoms with Crippen molar-refractivity contribution in [2.45, 2.75) is 47.0 Å². The molecule has 0 N–H and O–H groups in total. The van der Waals surface area contributed by atoms with Gasteiger partial charge in [-0.1, -0.05) is 44.6 Å². The van der Waals surface area contributed by atoms with Crippen molar-refractivity contribution in [3.05, 3.63) is 34.9 Å². The average molecular weight is 267 g/mol. The summed E-state index contributed by atoms with van der Waals surface area (Å²) in [5, 5.41) is 10.0. The summed E-state index contributed by atoms with van der Waals surface area (Å²) in [6.45, 7) is 9.12. The van der Waals surface area contributed by atoms with Gasteiger partial charge in [0.05, 0.1) is 6.07 Å². The Morgan fingerprint density at radius 3 is 2.70 bits per heavy atom. The second kappa shape index (κ2) is 4.62. The summed E-state index contributed by atoms with van der Waals surface area (Å²) < 4.78 is 0. The Balaban J connectivity index is 2.20. The fourth-order valence-electron chi connectivity index (χ4n) is 4.82. The molecule has 2 unspecified atom stereocenters. The van der Waals surface area contributed by atoms with Crippen LogP contribution in [0.25, 0.3) is 0 Å². The van der Waals surface area contributed by atoms with Crippen molar-refractivity contribution in [1.82, 2.24) is 0 Å². The predicted molar refractivity (Wildman–Crippen MR) is 82.8 cm³/mol. The molecule has 3 rings (SSSR count). The summed E-state index contributed by atoms with van der Waals surface area (Å²) in [4.78, 5) is 0. The molecule has 5 atom stereocenters. The summed E-state index contributed by atoms with van der Waals surface area (Å²) in [5.41, 5.74) is 4.00. The minimum atomic E-state index is -0.324. The molecule has 0 heterocycles. The number of hydrogen-bond donors (Lipinski definition) is 0. The highest BCUT2D eigenvalue weighted by atomic mass is 14.6. The van der Waals surface area contributed by atoms with Crippen molar-refractivity contribution in [2.24, 2.45) is 29.1 Å². The zero-order valence-electron chi connectivity index (χ0n) is 13.1. The molecule has 0 radical (unpaired) electrons. The molecule has 0 aromatic rings. The van der Waals surface area contributed by atoms with E-state index in [0.29, 0.717) is 23.7 Å². The molecule has 0 aliphatic heterocycles. The van der Waals surface area contributed by atoms with Gasteiger partial charge in [-0.05, 0) is 61.0 Å². The lowest BCUT2D eigenvalue weighted by Crippen LogP contribution is -2.44. The molecule has 20 heavy (non-hydrogen) atoms. The summed E-state index contributed by atoms with van der Waals surface area (Å²) in [7, 11) is 0. The lowest BCUT2D eigenvalue weighted by atomic mass is 9.50. The summed E-state index contributed by atoms with van der Waals surface area (Å²) in [6.07, 6.45) is 10.1. The molecule has 1 heteroatoms. The first-order chi connectivity index (χ1) is 9.53. The van der Waals surface area contributed by atoms with Gasteiger partial charge in [-0.2, -0.15) is 5.26 Å². The van der Waals surface area contributed by atoms with Gasteiger partial charge in [0.2, 0.25) is 0 Å². The third-order valence-corrected chi connectivity index (χ3v) is 6.02. The normalized spacial score (nSPS) is 45.2. The molecular weight excluding hydrogens is 242 g/mol. The molecule has 1 nitrogen and oxygen atoms in total. The summed E-state index contributed by atoms with van der Waals surface area (Å²) in [5.74, 6) is 2.54. The Morgan fingerprint density at radius 2 is 2.05 bits per heavy atom. The van der Waals surface area contributed by atoms with Gasteiger partial charge in [0, 0.05) is 0 Å². The summed E-state index contributed by atoms with van der Waals surface area (Å²) >= 11 is 0. The summed E-state index contributed by atoms with van der Waals surface area (Å²) in [6, 6.07) is 2.74. The number of fused-ring (bicyclic) bond motifs is 3. The van der Waals surface area contributed by atoms with Crippen molar-refractivity contribution in [2.75, 3.05) is 0 Å². The van der Waals surface area contributed by atoms with Crippen LogP contribution >= 0.6 is 0 Å². The number of allylic oxidation sites excluding steroid dienone is 6. The van der Waals surface area contributed by atoms with E-state index in [0.717, 1.165) is 12.8 Å². The van der Waals surface area contributed by atoms with E-state index in [1.165, 1.54) is 17.6 Å². The van der Waals surface area contributed by atoms with Crippen molar-refractivity contribution in [3.63, 3.8) is 0 Å². The maximum absolute atomic E-state index is 10.0. The van der Waals surface area contributed by atoms with Gasteiger partial charge in [-0.15, -0.1) is 0 Å². The van der Waals surface area contributed by atoms with E-state index in [9.17, 15) is 5.26 Å². The average Bonchev–Trinajstić information content (AvgIpc) is 2.44. The highest BCUT2D eigenvalue weighted by Gasteiger charge is 2.52. The van der Waals surface area contributed by atoms with Gasteiger partial charge >= 0.3 is 0 Å². The second-order valence-corrected chi connectivity index (χ2v) is 7.17. The largest absolute Gasteiger partial charge is 0.197 e. The zero-order valence-corrected chi connectivity index (χ0v) is 13.1. The highest BCUT2D eigenvalue weighted by Crippen LogP contribution is 2.60. The lowest BCUT2D eigenvalue weighted by Gasteiger charge is -2.52. The first-order valence-corrected chi connectivity index (χ1v) is 8.02. The fraction of sp³-hybridized carbons (Fsp3) is 0.632. The quantitative estimate of drug-likeness (QED) is 0.565. The maximum Gasteiger partial charge on any atom is 0.104 e. The Hall–Kier alpha value is -1.29. The minimum Gasteiger partial charge on any atom is -0.197 e.